The molecule has 0 atom stereocenters. The molecule has 0 aliphatic rings. The summed E-state index contributed by atoms with van der Waals surface area (Å²) >= 11 is 0. The van der Waals surface area contributed by atoms with E-state index in [0.29, 0.717) is 0 Å². The number of hydrogen-bond donors (Lipinski definition) is 0. The van der Waals surface area contributed by atoms with Gasteiger partial charge in [0.25, 0.3) is 0 Å². The third kappa shape index (κ3) is 5.39. The van der Waals surface area contributed by atoms with Crippen molar-refractivity contribution in [1.29, 1.82) is 0 Å². The summed E-state index contributed by atoms with van der Waals surface area (Å²) in [4.78, 5) is 2.34. The maximum Gasteiger partial charge on any atom is 0.135 e. The van der Waals surface area contributed by atoms with Crippen molar-refractivity contribution in [3.05, 3.63) is 200 Å². The van der Waals surface area contributed by atoms with Crippen molar-refractivity contribution in [2.45, 2.75) is 0 Å². The Labute approximate surface area is 302 Å². The summed E-state index contributed by atoms with van der Waals surface area (Å²) in [6.45, 7) is 0. The quantitative estimate of drug-likeness (QED) is 0.176. The van der Waals surface area contributed by atoms with Gasteiger partial charge in [0.15, 0.2) is 0 Å². The fourth-order valence-electron chi connectivity index (χ4n) is 7.53. The van der Waals surface area contributed by atoms with E-state index in [0.717, 1.165) is 39.0 Å². The Kier molecular flexibility index (Phi) is 7.18. The minimum Gasteiger partial charge on any atom is -0.456 e. The average molecular weight is 664 g/mol. The lowest BCUT2D eigenvalue weighted by molar-refractivity contribution is 0.669. The minimum absolute atomic E-state index is 0.887. The highest BCUT2D eigenvalue weighted by atomic mass is 16.3. The van der Waals surface area contributed by atoms with Crippen LogP contribution in [0.15, 0.2) is 205 Å². The van der Waals surface area contributed by atoms with Crippen LogP contribution in [-0.4, -0.2) is 0 Å². The van der Waals surface area contributed by atoms with Crippen LogP contribution in [0, 0.1) is 0 Å². The van der Waals surface area contributed by atoms with Crippen molar-refractivity contribution >= 4 is 60.5 Å². The lowest BCUT2D eigenvalue weighted by atomic mass is 9.96. The predicted molar refractivity (Wildman–Crippen MR) is 220 cm³/mol. The standard InChI is InChI=1S/C50H33NO/c1-2-9-34(10-3-1)39-13-8-14-45(32-39)51(46-27-28-50-48(33-46)47-15-6-7-16-49(47)52-50)44-25-23-36(24-26-44)40-20-18-37-19-22-42(31-43(37)30-40)41-21-17-35-11-4-5-12-38(35)29-41/h1-33H. The second-order valence-electron chi connectivity index (χ2n) is 13.4. The van der Waals surface area contributed by atoms with Crippen molar-refractivity contribution < 1.29 is 4.42 Å². The first kappa shape index (κ1) is 30.0. The van der Waals surface area contributed by atoms with Crippen molar-refractivity contribution in [2.75, 3.05) is 4.90 Å². The third-order valence-electron chi connectivity index (χ3n) is 10.2. The van der Waals surface area contributed by atoms with Gasteiger partial charge in [0, 0.05) is 27.8 Å². The minimum atomic E-state index is 0.887. The molecular formula is C50H33NO. The molecule has 2 nitrogen and oxygen atoms in total. The highest BCUT2D eigenvalue weighted by molar-refractivity contribution is 6.06. The molecule has 1 aromatic heterocycles. The van der Waals surface area contributed by atoms with E-state index < -0.39 is 0 Å². The summed E-state index contributed by atoms with van der Waals surface area (Å²) in [6.07, 6.45) is 0. The molecule has 9 aromatic carbocycles. The van der Waals surface area contributed by atoms with E-state index in [1.165, 1.54) is 54.9 Å². The van der Waals surface area contributed by atoms with Gasteiger partial charge in [-0.1, -0.05) is 133 Å². The summed E-state index contributed by atoms with van der Waals surface area (Å²) in [6, 6.07) is 71.9. The van der Waals surface area contributed by atoms with Gasteiger partial charge in [0.2, 0.25) is 0 Å². The Morgan fingerprint density at radius 3 is 1.58 bits per heavy atom. The lowest BCUT2D eigenvalue weighted by Gasteiger charge is -2.26. The molecule has 0 amide bonds. The van der Waals surface area contributed by atoms with Crippen molar-refractivity contribution in [1.82, 2.24) is 0 Å². The fourth-order valence-corrected chi connectivity index (χ4v) is 7.53. The normalized spacial score (nSPS) is 11.5. The van der Waals surface area contributed by atoms with E-state index >= 15 is 0 Å². The van der Waals surface area contributed by atoms with Gasteiger partial charge in [-0.25, -0.2) is 0 Å². The number of benzene rings is 9. The van der Waals surface area contributed by atoms with Crippen LogP contribution < -0.4 is 4.90 Å². The number of para-hydroxylation sites is 1. The zero-order valence-corrected chi connectivity index (χ0v) is 28.4. The number of nitrogens with zero attached hydrogens (tertiary/aromatic N) is 1. The summed E-state index contributed by atoms with van der Waals surface area (Å²) in [7, 11) is 0. The molecule has 1 heterocycles. The Hall–Kier alpha value is -6.90. The monoisotopic (exact) mass is 663 g/mol. The maximum atomic E-state index is 6.20. The predicted octanol–water partition coefficient (Wildman–Crippen LogP) is 14.4. The van der Waals surface area contributed by atoms with E-state index in [1.807, 2.05) is 12.1 Å². The van der Waals surface area contributed by atoms with Gasteiger partial charge >= 0.3 is 0 Å². The summed E-state index contributed by atoms with van der Waals surface area (Å²) in [5, 5.41) is 7.20. The van der Waals surface area contributed by atoms with E-state index in [-0.39, 0.29) is 0 Å². The smallest absolute Gasteiger partial charge is 0.135 e. The van der Waals surface area contributed by atoms with Gasteiger partial charge in [-0.05, 0) is 122 Å². The number of furan rings is 1. The molecule has 10 aromatic rings. The van der Waals surface area contributed by atoms with Gasteiger partial charge in [0.05, 0.1) is 0 Å². The topological polar surface area (TPSA) is 16.4 Å². The van der Waals surface area contributed by atoms with Crippen LogP contribution >= 0.6 is 0 Å². The highest BCUT2D eigenvalue weighted by Crippen LogP contribution is 2.40. The molecule has 0 N–H and O–H groups in total. The largest absolute Gasteiger partial charge is 0.456 e. The first-order valence-corrected chi connectivity index (χ1v) is 17.7. The molecule has 0 fully saturated rings. The molecule has 0 radical (unpaired) electrons. The molecule has 0 bridgehead atoms. The van der Waals surface area contributed by atoms with Crippen molar-refractivity contribution in [3.63, 3.8) is 0 Å². The summed E-state index contributed by atoms with van der Waals surface area (Å²) in [5.74, 6) is 0. The number of anilines is 3. The molecule has 10 rings (SSSR count). The van der Waals surface area contributed by atoms with Crippen LogP contribution in [0.25, 0.3) is 76.9 Å². The Morgan fingerprint density at radius 1 is 0.269 bits per heavy atom. The SMILES string of the molecule is c1ccc(-c2cccc(N(c3ccc(-c4ccc5ccc(-c6ccc7ccccc7c6)cc5c4)cc3)c3ccc4oc5ccccc5c4c3)c2)cc1. The molecular weight excluding hydrogens is 631 g/mol. The zero-order valence-electron chi connectivity index (χ0n) is 28.4. The molecule has 2 heteroatoms. The Morgan fingerprint density at radius 2 is 0.788 bits per heavy atom. The van der Waals surface area contributed by atoms with Crippen LogP contribution in [0.4, 0.5) is 17.1 Å². The Balaban J connectivity index is 1.05. The molecule has 0 saturated heterocycles. The van der Waals surface area contributed by atoms with Crippen LogP contribution in [0.5, 0.6) is 0 Å². The average Bonchev–Trinajstić information content (AvgIpc) is 3.59. The molecule has 0 spiro atoms. The molecule has 0 aliphatic heterocycles. The van der Waals surface area contributed by atoms with Gasteiger partial charge < -0.3 is 9.32 Å². The van der Waals surface area contributed by atoms with Crippen LogP contribution in [0.2, 0.25) is 0 Å². The zero-order chi connectivity index (χ0) is 34.4. The summed E-state index contributed by atoms with van der Waals surface area (Å²) in [5.41, 5.74) is 12.2. The second kappa shape index (κ2) is 12.5. The first-order chi connectivity index (χ1) is 25.7. The highest BCUT2D eigenvalue weighted by Gasteiger charge is 2.17. The molecule has 0 unspecified atom stereocenters. The van der Waals surface area contributed by atoms with Crippen LogP contribution in [0.3, 0.4) is 0 Å². The van der Waals surface area contributed by atoms with E-state index in [9.17, 15) is 0 Å². The van der Waals surface area contributed by atoms with Gasteiger partial charge in [0.1, 0.15) is 11.2 Å². The molecule has 244 valence electrons. The fraction of sp³-hybridized carbons (Fsp3) is 0. The number of fused-ring (bicyclic) bond motifs is 5. The second-order valence-corrected chi connectivity index (χ2v) is 13.4. The van der Waals surface area contributed by atoms with Crippen LogP contribution in [-0.2, 0) is 0 Å². The lowest BCUT2D eigenvalue weighted by Crippen LogP contribution is -2.10. The third-order valence-corrected chi connectivity index (χ3v) is 10.2. The van der Waals surface area contributed by atoms with E-state index in [4.69, 9.17) is 4.42 Å². The number of rotatable bonds is 6. The van der Waals surface area contributed by atoms with Crippen molar-refractivity contribution in [2.24, 2.45) is 0 Å². The van der Waals surface area contributed by atoms with Crippen molar-refractivity contribution in [3.8, 4) is 33.4 Å². The van der Waals surface area contributed by atoms with Gasteiger partial charge in [-0.15, -0.1) is 0 Å². The first-order valence-electron chi connectivity index (χ1n) is 17.7. The van der Waals surface area contributed by atoms with Gasteiger partial charge in [-0.3, -0.25) is 0 Å². The molecule has 52 heavy (non-hydrogen) atoms. The van der Waals surface area contributed by atoms with Crippen LogP contribution in [0.1, 0.15) is 0 Å². The number of hydrogen-bond acceptors (Lipinski definition) is 2. The molecule has 0 saturated carbocycles. The Bertz CT molecular complexity index is 2900. The summed E-state index contributed by atoms with van der Waals surface area (Å²) < 4.78 is 6.20. The van der Waals surface area contributed by atoms with E-state index in [1.54, 1.807) is 0 Å². The maximum absolute atomic E-state index is 6.20. The van der Waals surface area contributed by atoms with E-state index in [2.05, 4.69) is 193 Å². The molecule has 0 aliphatic carbocycles. The van der Waals surface area contributed by atoms with Gasteiger partial charge in [-0.2, -0.15) is 0 Å².